The Labute approximate surface area is 131 Å². The van der Waals surface area contributed by atoms with Crippen molar-refractivity contribution in [3.63, 3.8) is 0 Å². The molecule has 0 unspecified atom stereocenters. The van der Waals surface area contributed by atoms with E-state index in [4.69, 9.17) is 9.56 Å². The number of sulfonamides is 1. The van der Waals surface area contributed by atoms with Crippen LogP contribution in [0.4, 0.5) is 5.69 Å². The molecule has 0 saturated carbocycles. The third kappa shape index (κ3) is 3.48. The van der Waals surface area contributed by atoms with Crippen LogP contribution in [0.25, 0.3) is 0 Å². The highest BCUT2D eigenvalue weighted by atomic mass is 79.9. The van der Waals surface area contributed by atoms with E-state index in [1.54, 1.807) is 6.07 Å². The number of rotatable bonds is 3. The summed E-state index contributed by atoms with van der Waals surface area (Å²) in [6.07, 6.45) is 0. The average Bonchev–Trinajstić information content (AvgIpc) is 2.77. The number of amides is 1. The molecule has 2 rings (SSSR count). The Bertz CT molecular complexity index is 770. The standard InChI is InChI=1S/C11H8Br2N2O4S/c12-7-5-6(20(14,17)18)1-2-8(7)15-11(16)9-3-4-10(13)19-9/h1-5H,(H,15,16)(H2,14,17,18). The van der Waals surface area contributed by atoms with Gasteiger partial charge in [-0.05, 0) is 62.2 Å². The lowest BCUT2D eigenvalue weighted by Gasteiger charge is -2.07. The molecule has 2 aromatic rings. The smallest absolute Gasteiger partial charge is 0.291 e. The number of hydrogen-bond acceptors (Lipinski definition) is 4. The second kappa shape index (κ2) is 5.68. The highest BCUT2D eigenvalue weighted by Crippen LogP contribution is 2.26. The number of anilines is 1. The molecule has 1 aromatic carbocycles. The van der Waals surface area contributed by atoms with Crippen molar-refractivity contribution < 1.29 is 17.6 Å². The molecule has 0 aliphatic carbocycles. The average molecular weight is 424 g/mol. The van der Waals surface area contributed by atoms with Crippen molar-refractivity contribution in [3.8, 4) is 0 Å². The SMILES string of the molecule is NS(=O)(=O)c1ccc(NC(=O)c2ccc(Br)o2)c(Br)c1. The van der Waals surface area contributed by atoms with Crippen molar-refractivity contribution in [2.75, 3.05) is 5.32 Å². The van der Waals surface area contributed by atoms with Crippen LogP contribution in [0.1, 0.15) is 10.6 Å². The van der Waals surface area contributed by atoms with Crippen LogP contribution in [0.15, 0.2) is 48.8 Å². The van der Waals surface area contributed by atoms with Gasteiger partial charge in [0.15, 0.2) is 10.4 Å². The van der Waals surface area contributed by atoms with Crippen molar-refractivity contribution >= 4 is 53.5 Å². The Kier molecular flexibility index (Phi) is 4.33. The van der Waals surface area contributed by atoms with Gasteiger partial charge in [0, 0.05) is 4.47 Å². The minimum Gasteiger partial charge on any atom is -0.444 e. The third-order valence-corrected chi connectivity index (χ3v) is 4.31. The summed E-state index contributed by atoms with van der Waals surface area (Å²) in [5.74, 6) is -0.334. The van der Waals surface area contributed by atoms with Gasteiger partial charge in [0.2, 0.25) is 10.0 Å². The van der Waals surface area contributed by atoms with Crippen LogP contribution in [0.5, 0.6) is 0 Å². The summed E-state index contributed by atoms with van der Waals surface area (Å²) in [6, 6.07) is 7.14. The lowest BCUT2D eigenvalue weighted by Crippen LogP contribution is -2.14. The van der Waals surface area contributed by atoms with Crippen LogP contribution < -0.4 is 10.5 Å². The number of nitrogens with two attached hydrogens (primary N) is 1. The predicted molar refractivity (Wildman–Crippen MR) is 79.9 cm³/mol. The van der Waals surface area contributed by atoms with Crippen molar-refractivity contribution in [2.24, 2.45) is 5.14 Å². The van der Waals surface area contributed by atoms with Crippen molar-refractivity contribution in [1.29, 1.82) is 0 Å². The van der Waals surface area contributed by atoms with Gasteiger partial charge < -0.3 is 9.73 Å². The number of furan rings is 1. The Hall–Kier alpha value is -1.16. The highest BCUT2D eigenvalue weighted by molar-refractivity contribution is 9.10. The summed E-state index contributed by atoms with van der Waals surface area (Å²) >= 11 is 6.27. The number of hydrogen-bond donors (Lipinski definition) is 2. The van der Waals surface area contributed by atoms with Gasteiger partial charge in [0.1, 0.15) is 0 Å². The molecule has 1 amide bonds. The normalized spacial score (nSPS) is 11.3. The molecule has 1 aromatic heterocycles. The monoisotopic (exact) mass is 422 g/mol. The first-order chi connectivity index (χ1) is 9.27. The first kappa shape index (κ1) is 15.2. The minimum atomic E-state index is -3.79. The first-order valence-electron chi connectivity index (χ1n) is 5.16. The summed E-state index contributed by atoms with van der Waals surface area (Å²) in [7, 11) is -3.79. The van der Waals surface area contributed by atoms with Gasteiger partial charge in [-0.3, -0.25) is 4.79 Å². The number of nitrogens with one attached hydrogen (secondary N) is 1. The van der Waals surface area contributed by atoms with E-state index in [9.17, 15) is 13.2 Å². The Balaban J connectivity index is 2.25. The minimum absolute atomic E-state index is 0.0527. The molecule has 0 aliphatic heterocycles. The number of benzene rings is 1. The summed E-state index contributed by atoms with van der Waals surface area (Å²) in [5.41, 5.74) is 0.398. The summed E-state index contributed by atoms with van der Waals surface area (Å²) in [4.78, 5) is 11.8. The number of halogens is 2. The lowest BCUT2D eigenvalue weighted by atomic mass is 10.3. The molecule has 20 heavy (non-hydrogen) atoms. The molecule has 0 atom stereocenters. The maximum Gasteiger partial charge on any atom is 0.291 e. The van der Waals surface area contributed by atoms with Crippen LogP contribution in [0.2, 0.25) is 0 Å². The van der Waals surface area contributed by atoms with Gasteiger partial charge in [-0.25, -0.2) is 13.6 Å². The topological polar surface area (TPSA) is 102 Å². The van der Waals surface area contributed by atoms with E-state index in [2.05, 4.69) is 37.2 Å². The van der Waals surface area contributed by atoms with E-state index < -0.39 is 15.9 Å². The maximum atomic E-state index is 11.9. The molecule has 106 valence electrons. The van der Waals surface area contributed by atoms with Gasteiger partial charge in [-0.2, -0.15) is 0 Å². The Morgan fingerprint density at radius 2 is 1.90 bits per heavy atom. The molecule has 0 saturated heterocycles. The molecule has 0 bridgehead atoms. The second-order valence-electron chi connectivity index (χ2n) is 3.74. The molecule has 1 heterocycles. The van der Waals surface area contributed by atoms with Gasteiger partial charge in [-0.1, -0.05) is 0 Å². The van der Waals surface area contributed by atoms with E-state index in [0.29, 0.717) is 14.8 Å². The quantitative estimate of drug-likeness (QED) is 0.791. The molecular formula is C11H8Br2N2O4S. The van der Waals surface area contributed by atoms with Crippen LogP contribution >= 0.6 is 31.9 Å². The fraction of sp³-hybridized carbons (Fsp3) is 0. The van der Waals surface area contributed by atoms with E-state index in [1.807, 2.05) is 0 Å². The van der Waals surface area contributed by atoms with Crippen molar-refractivity contribution in [2.45, 2.75) is 4.90 Å². The van der Waals surface area contributed by atoms with Crippen LogP contribution in [0, 0.1) is 0 Å². The highest BCUT2D eigenvalue weighted by Gasteiger charge is 2.14. The van der Waals surface area contributed by atoms with Crippen molar-refractivity contribution in [1.82, 2.24) is 0 Å². The molecule has 6 nitrogen and oxygen atoms in total. The number of primary sulfonamides is 1. The fourth-order valence-electron chi connectivity index (χ4n) is 1.39. The zero-order chi connectivity index (χ0) is 14.9. The molecule has 0 spiro atoms. The largest absolute Gasteiger partial charge is 0.444 e. The third-order valence-electron chi connectivity index (χ3n) is 2.31. The maximum absolute atomic E-state index is 11.9. The molecule has 0 aliphatic rings. The summed E-state index contributed by atoms with van der Waals surface area (Å²) < 4.78 is 28.3. The fourth-order valence-corrected chi connectivity index (χ4v) is 2.87. The van der Waals surface area contributed by atoms with Gasteiger partial charge in [-0.15, -0.1) is 0 Å². The van der Waals surface area contributed by atoms with E-state index in [1.165, 1.54) is 24.3 Å². The van der Waals surface area contributed by atoms with Crippen LogP contribution in [0.3, 0.4) is 0 Å². The van der Waals surface area contributed by atoms with E-state index in [-0.39, 0.29) is 10.7 Å². The zero-order valence-corrected chi connectivity index (χ0v) is 13.7. The lowest BCUT2D eigenvalue weighted by molar-refractivity contribution is 0.0995. The number of carbonyl (C=O) groups excluding carboxylic acids is 1. The second-order valence-corrected chi connectivity index (χ2v) is 6.94. The predicted octanol–water partition coefficient (Wildman–Crippen LogP) is 2.70. The Morgan fingerprint density at radius 3 is 2.40 bits per heavy atom. The summed E-state index contributed by atoms with van der Waals surface area (Å²) in [5, 5.41) is 7.60. The molecule has 3 N–H and O–H groups in total. The van der Waals surface area contributed by atoms with Crippen molar-refractivity contribution in [3.05, 3.63) is 45.2 Å². The number of carbonyl (C=O) groups is 1. The van der Waals surface area contributed by atoms with Crippen LogP contribution in [-0.4, -0.2) is 14.3 Å². The van der Waals surface area contributed by atoms with Gasteiger partial charge in [0.25, 0.3) is 5.91 Å². The summed E-state index contributed by atoms with van der Waals surface area (Å²) in [6.45, 7) is 0. The molecule has 0 fully saturated rings. The molecule has 9 heteroatoms. The van der Waals surface area contributed by atoms with E-state index >= 15 is 0 Å². The first-order valence-corrected chi connectivity index (χ1v) is 8.29. The Morgan fingerprint density at radius 1 is 1.20 bits per heavy atom. The molecular weight excluding hydrogens is 416 g/mol. The van der Waals surface area contributed by atoms with Crippen LogP contribution in [-0.2, 0) is 10.0 Å². The van der Waals surface area contributed by atoms with E-state index in [0.717, 1.165) is 0 Å². The van der Waals surface area contributed by atoms with Gasteiger partial charge in [0.05, 0.1) is 10.6 Å². The molecule has 0 radical (unpaired) electrons. The zero-order valence-electron chi connectivity index (χ0n) is 9.76. The van der Waals surface area contributed by atoms with Gasteiger partial charge >= 0.3 is 0 Å².